The second-order valence-electron chi connectivity index (χ2n) is 6.56. The van der Waals surface area contributed by atoms with Crippen LogP contribution < -0.4 is 15.4 Å². The lowest BCUT2D eigenvalue weighted by Gasteiger charge is -2.14. The Labute approximate surface area is 179 Å². The number of ether oxygens (including phenoxy) is 1. The fraction of sp³-hybridized carbons (Fsp3) is 0.500. The fourth-order valence-electron chi connectivity index (χ4n) is 2.42. The van der Waals surface area contributed by atoms with Gasteiger partial charge in [0, 0.05) is 37.6 Å². The summed E-state index contributed by atoms with van der Waals surface area (Å²) in [5, 5.41) is 10.9. The molecule has 7 heteroatoms. The Morgan fingerprint density at radius 1 is 1.22 bits per heavy atom. The Hall–Kier alpha value is -1.77. The Morgan fingerprint density at radius 2 is 2.04 bits per heavy atom. The highest BCUT2D eigenvalue weighted by Gasteiger charge is 2.05. The van der Waals surface area contributed by atoms with Crippen molar-refractivity contribution in [2.45, 2.75) is 40.3 Å². The van der Waals surface area contributed by atoms with Gasteiger partial charge in [-0.15, -0.1) is 24.0 Å². The minimum absolute atomic E-state index is 0. The van der Waals surface area contributed by atoms with Crippen LogP contribution in [-0.2, 0) is 13.1 Å². The van der Waals surface area contributed by atoms with E-state index in [-0.39, 0.29) is 24.0 Å². The first-order valence-electron chi connectivity index (χ1n) is 9.39. The van der Waals surface area contributed by atoms with Gasteiger partial charge in [-0.2, -0.15) is 5.10 Å². The van der Waals surface area contributed by atoms with Crippen molar-refractivity contribution in [1.82, 2.24) is 20.4 Å². The maximum absolute atomic E-state index is 5.91. The van der Waals surface area contributed by atoms with E-state index in [1.165, 1.54) is 0 Å². The van der Waals surface area contributed by atoms with E-state index in [0.717, 1.165) is 43.3 Å². The van der Waals surface area contributed by atoms with Crippen molar-refractivity contribution in [3.05, 3.63) is 48.3 Å². The van der Waals surface area contributed by atoms with Crippen LogP contribution in [0.1, 0.15) is 32.8 Å². The summed E-state index contributed by atoms with van der Waals surface area (Å²) in [5.41, 5.74) is 1.10. The lowest BCUT2D eigenvalue weighted by atomic mass is 10.2. The van der Waals surface area contributed by atoms with Gasteiger partial charge < -0.3 is 15.4 Å². The Kier molecular flexibility index (Phi) is 11.6. The third-order valence-corrected chi connectivity index (χ3v) is 3.71. The van der Waals surface area contributed by atoms with Crippen molar-refractivity contribution in [3.8, 4) is 5.75 Å². The molecule has 0 radical (unpaired) electrons. The van der Waals surface area contributed by atoms with Gasteiger partial charge in [0.1, 0.15) is 5.75 Å². The molecule has 0 saturated carbocycles. The van der Waals surface area contributed by atoms with E-state index < -0.39 is 0 Å². The largest absolute Gasteiger partial charge is 0.493 e. The van der Waals surface area contributed by atoms with Gasteiger partial charge >= 0.3 is 0 Å². The van der Waals surface area contributed by atoms with Gasteiger partial charge in [-0.25, -0.2) is 4.99 Å². The zero-order valence-corrected chi connectivity index (χ0v) is 18.8. The monoisotopic (exact) mass is 485 g/mol. The van der Waals surface area contributed by atoms with Crippen LogP contribution in [0, 0.1) is 5.92 Å². The molecule has 1 heterocycles. The molecular formula is C20H32IN5O. The predicted molar refractivity (Wildman–Crippen MR) is 122 cm³/mol. The van der Waals surface area contributed by atoms with Gasteiger partial charge in [0.25, 0.3) is 0 Å². The molecule has 0 fully saturated rings. The lowest BCUT2D eigenvalue weighted by Crippen LogP contribution is -2.38. The molecule has 0 aliphatic carbocycles. The predicted octanol–water partition coefficient (Wildman–Crippen LogP) is 3.68. The SMILES string of the molecule is CCNC(=NCc1ccccc1OCC(C)C)NCCCn1cccn1.I. The molecule has 2 N–H and O–H groups in total. The molecule has 2 rings (SSSR count). The van der Waals surface area contributed by atoms with E-state index in [4.69, 9.17) is 9.73 Å². The quantitative estimate of drug-likeness (QED) is 0.233. The van der Waals surface area contributed by atoms with Crippen LogP contribution in [0.3, 0.4) is 0 Å². The average Bonchev–Trinajstić information content (AvgIpc) is 3.15. The molecule has 0 aliphatic rings. The summed E-state index contributed by atoms with van der Waals surface area (Å²) in [4.78, 5) is 4.70. The lowest BCUT2D eigenvalue weighted by molar-refractivity contribution is 0.268. The summed E-state index contributed by atoms with van der Waals surface area (Å²) in [6.45, 7) is 10.2. The number of hydrogen-bond acceptors (Lipinski definition) is 3. The Bertz CT molecular complexity index is 658. The minimum atomic E-state index is 0. The summed E-state index contributed by atoms with van der Waals surface area (Å²) < 4.78 is 7.85. The maximum Gasteiger partial charge on any atom is 0.191 e. The van der Waals surface area contributed by atoms with Crippen LogP contribution in [0.25, 0.3) is 0 Å². The van der Waals surface area contributed by atoms with Crippen molar-refractivity contribution >= 4 is 29.9 Å². The number of nitrogens with zero attached hydrogens (tertiary/aromatic N) is 3. The van der Waals surface area contributed by atoms with Crippen LogP contribution in [0.5, 0.6) is 5.75 Å². The van der Waals surface area contributed by atoms with Crippen LogP contribution in [-0.4, -0.2) is 35.4 Å². The number of para-hydroxylation sites is 1. The maximum atomic E-state index is 5.91. The number of hydrogen-bond donors (Lipinski definition) is 2. The summed E-state index contributed by atoms with van der Waals surface area (Å²) >= 11 is 0. The summed E-state index contributed by atoms with van der Waals surface area (Å²) in [7, 11) is 0. The zero-order valence-electron chi connectivity index (χ0n) is 16.5. The fourth-order valence-corrected chi connectivity index (χ4v) is 2.42. The van der Waals surface area contributed by atoms with E-state index in [2.05, 4.69) is 42.6 Å². The first-order valence-corrected chi connectivity index (χ1v) is 9.39. The number of aromatic nitrogens is 2. The number of guanidine groups is 1. The molecule has 0 amide bonds. The smallest absolute Gasteiger partial charge is 0.191 e. The van der Waals surface area contributed by atoms with E-state index in [1.54, 1.807) is 6.20 Å². The molecule has 0 aliphatic heterocycles. The number of rotatable bonds is 10. The first kappa shape index (κ1) is 23.3. The molecular weight excluding hydrogens is 453 g/mol. The van der Waals surface area contributed by atoms with Crippen LogP contribution in [0.4, 0.5) is 0 Å². The van der Waals surface area contributed by atoms with Crippen molar-refractivity contribution in [2.24, 2.45) is 10.9 Å². The molecule has 0 atom stereocenters. The van der Waals surface area contributed by atoms with Crippen molar-refractivity contribution in [2.75, 3.05) is 19.7 Å². The van der Waals surface area contributed by atoms with E-state index in [0.29, 0.717) is 19.1 Å². The van der Waals surface area contributed by atoms with Crippen LogP contribution in [0.15, 0.2) is 47.7 Å². The van der Waals surface area contributed by atoms with E-state index >= 15 is 0 Å². The van der Waals surface area contributed by atoms with Crippen molar-refractivity contribution in [3.63, 3.8) is 0 Å². The molecule has 150 valence electrons. The summed E-state index contributed by atoms with van der Waals surface area (Å²) in [6, 6.07) is 10.1. The molecule has 0 bridgehead atoms. The number of aliphatic imine (C=N–C) groups is 1. The molecule has 1 aromatic heterocycles. The number of halogens is 1. The molecule has 0 unspecified atom stereocenters. The van der Waals surface area contributed by atoms with Gasteiger partial charge in [0.05, 0.1) is 13.2 Å². The highest BCUT2D eigenvalue weighted by molar-refractivity contribution is 14.0. The number of benzene rings is 1. The number of nitrogens with one attached hydrogen (secondary N) is 2. The average molecular weight is 485 g/mol. The Morgan fingerprint density at radius 3 is 2.74 bits per heavy atom. The van der Waals surface area contributed by atoms with Crippen molar-refractivity contribution in [1.29, 1.82) is 0 Å². The van der Waals surface area contributed by atoms with Crippen LogP contribution >= 0.6 is 24.0 Å². The van der Waals surface area contributed by atoms with Gasteiger partial charge in [0.2, 0.25) is 0 Å². The van der Waals surface area contributed by atoms with Crippen LogP contribution in [0.2, 0.25) is 0 Å². The van der Waals surface area contributed by atoms with E-state index in [1.807, 2.05) is 35.1 Å². The molecule has 2 aromatic rings. The van der Waals surface area contributed by atoms with Gasteiger partial charge in [0.15, 0.2) is 5.96 Å². The molecule has 6 nitrogen and oxygen atoms in total. The first-order chi connectivity index (χ1) is 12.7. The second kappa shape index (κ2) is 13.4. The highest BCUT2D eigenvalue weighted by atomic mass is 127. The number of aryl methyl sites for hydroxylation is 1. The van der Waals surface area contributed by atoms with Gasteiger partial charge in [-0.1, -0.05) is 32.0 Å². The topological polar surface area (TPSA) is 63.5 Å². The molecule has 27 heavy (non-hydrogen) atoms. The second-order valence-corrected chi connectivity index (χ2v) is 6.56. The standard InChI is InChI=1S/C20H31N5O.HI/c1-4-21-20(22-11-7-13-25-14-8-12-24-25)23-15-18-9-5-6-10-19(18)26-16-17(2)3;/h5-6,8-10,12,14,17H,4,7,11,13,15-16H2,1-3H3,(H2,21,22,23);1H. The normalized spacial score (nSPS) is 11.2. The summed E-state index contributed by atoms with van der Waals surface area (Å²) in [6.07, 6.45) is 4.77. The van der Waals surface area contributed by atoms with Crippen molar-refractivity contribution < 1.29 is 4.74 Å². The molecule has 1 aromatic carbocycles. The minimum Gasteiger partial charge on any atom is -0.493 e. The third-order valence-electron chi connectivity index (χ3n) is 3.71. The zero-order chi connectivity index (χ0) is 18.6. The molecule has 0 saturated heterocycles. The van der Waals surface area contributed by atoms with E-state index in [9.17, 15) is 0 Å². The van der Waals surface area contributed by atoms with Gasteiger partial charge in [-0.3, -0.25) is 4.68 Å². The Balaban J connectivity index is 0.00000364. The highest BCUT2D eigenvalue weighted by Crippen LogP contribution is 2.19. The summed E-state index contributed by atoms with van der Waals surface area (Å²) in [5.74, 6) is 2.24. The van der Waals surface area contributed by atoms with Gasteiger partial charge in [-0.05, 0) is 31.4 Å². The third kappa shape index (κ3) is 9.12. The molecule has 0 spiro atoms.